The summed E-state index contributed by atoms with van der Waals surface area (Å²) in [6.45, 7) is 2.97. The summed E-state index contributed by atoms with van der Waals surface area (Å²) in [5, 5.41) is 26.2. The normalized spacial score (nSPS) is 16.1. The van der Waals surface area contributed by atoms with Crippen LogP contribution in [0.25, 0.3) is 0 Å². The lowest BCUT2D eigenvalue weighted by Crippen LogP contribution is -2.23. The molecule has 0 aliphatic carbocycles. The molecule has 0 aliphatic heterocycles. The number of aliphatic hydroxyl groups excluding tert-OH is 2. The number of carboxylic acids is 1. The van der Waals surface area contributed by atoms with E-state index in [1.54, 1.807) is 0 Å². The molecule has 3 N–H and O–H groups in total. The topological polar surface area (TPSA) is 87.0 Å². The lowest BCUT2D eigenvalue weighted by Gasteiger charge is -2.14. The van der Waals surface area contributed by atoms with Crippen LogP contribution < -0.4 is 0 Å². The van der Waals surface area contributed by atoms with Crippen molar-refractivity contribution in [1.82, 2.24) is 0 Å². The summed E-state index contributed by atoms with van der Waals surface area (Å²) in [6.07, 6.45) is 0.842. The minimum atomic E-state index is -0.986. The summed E-state index contributed by atoms with van der Waals surface area (Å²) in [5.74, 6) is -0.986. The first-order valence-electron chi connectivity index (χ1n) is 4.83. The molecule has 0 aliphatic rings. The molecule has 0 spiro atoms. The van der Waals surface area contributed by atoms with E-state index in [1.165, 1.54) is 13.0 Å². The van der Waals surface area contributed by atoms with E-state index in [-0.39, 0.29) is 24.9 Å². The largest absolute Gasteiger partial charge is 0.478 e. The molecule has 0 aromatic carbocycles. The summed E-state index contributed by atoms with van der Waals surface area (Å²) in [7, 11) is 0. The number of ether oxygens (including phenoxy) is 1. The molecule has 0 aromatic heterocycles. The Hall–Kier alpha value is -0.910. The highest BCUT2D eigenvalue weighted by Crippen LogP contribution is 2.05. The van der Waals surface area contributed by atoms with Crippen LogP contribution in [0, 0.1) is 0 Å². The van der Waals surface area contributed by atoms with Crippen molar-refractivity contribution in [2.24, 2.45) is 0 Å². The van der Waals surface area contributed by atoms with Gasteiger partial charge in [0.05, 0.1) is 19.3 Å². The van der Waals surface area contributed by atoms with Crippen molar-refractivity contribution in [3.63, 3.8) is 0 Å². The Labute approximate surface area is 89.0 Å². The van der Waals surface area contributed by atoms with Crippen LogP contribution in [0.3, 0.4) is 0 Å². The van der Waals surface area contributed by atoms with E-state index in [4.69, 9.17) is 20.1 Å². The van der Waals surface area contributed by atoms with E-state index >= 15 is 0 Å². The minimum absolute atomic E-state index is 0.00158. The van der Waals surface area contributed by atoms with E-state index in [9.17, 15) is 4.79 Å². The van der Waals surface area contributed by atoms with Crippen LogP contribution in [0.1, 0.15) is 20.3 Å². The highest BCUT2D eigenvalue weighted by Gasteiger charge is 2.09. The molecule has 0 rings (SSSR count). The van der Waals surface area contributed by atoms with Gasteiger partial charge in [-0.1, -0.05) is 6.92 Å². The number of carbonyl (C=O) groups is 1. The monoisotopic (exact) mass is 218 g/mol. The molecule has 0 bridgehead atoms. The highest BCUT2D eigenvalue weighted by atomic mass is 16.5. The van der Waals surface area contributed by atoms with Crippen LogP contribution in [-0.2, 0) is 9.53 Å². The molecule has 2 atom stereocenters. The summed E-state index contributed by atoms with van der Waals surface area (Å²) < 4.78 is 5.22. The molecule has 0 saturated carbocycles. The quantitative estimate of drug-likeness (QED) is 0.530. The predicted molar refractivity (Wildman–Crippen MR) is 54.5 cm³/mol. The fourth-order valence-corrected chi connectivity index (χ4v) is 0.921. The van der Waals surface area contributed by atoms with Crippen molar-refractivity contribution < 1.29 is 24.9 Å². The second-order valence-corrected chi connectivity index (χ2v) is 3.27. The zero-order chi connectivity index (χ0) is 11.8. The number of carboxylic acid groups (broad SMARTS) is 1. The molecule has 0 fully saturated rings. The van der Waals surface area contributed by atoms with Crippen molar-refractivity contribution in [2.75, 3.05) is 13.2 Å². The molecule has 0 aromatic rings. The Morgan fingerprint density at radius 1 is 1.53 bits per heavy atom. The summed E-state index contributed by atoms with van der Waals surface area (Å²) in [4.78, 5) is 10.5. The Morgan fingerprint density at radius 2 is 2.13 bits per heavy atom. The van der Waals surface area contributed by atoms with E-state index < -0.39 is 12.1 Å². The Bertz CT molecular complexity index is 224. The molecule has 15 heavy (non-hydrogen) atoms. The predicted octanol–water partition coefficient (Wildman–Crippen LogP) is 0.166. The first kappa shape index (κ1) is 14.1. The summed E-state index contributed by atoms with van der Waals surface area (Å²) in [5.41, 5.74) is 0.209. The molecule has 0 radical (unpaired) electrons. The van der Waals surface area contributed by atoms with Crippen LogP contribution in [-0.4, -0.2) is 46.7 Å². The maximum absolute atomic E-state index is 10.5. The van der Waals surface area contributed by atoms with Gasteiger partial charge in [-0.15, -0.1) is 0 Å². The van der Waals surface area contributed by atoms with Crippen LogP contribution in [0.4, 0.5) is 0 Å². The Kier molecular flexibility index (Phi) is 6.94. The SMILES string of the molecule is CCC(C=C(C)C(=O)O)OCC(O)CO. The van der Waals surface area contributed by atoms with Gasteiger partial charge in [0.1, 0.15) is 6.10 Å². The fraction of sp³-hybridized carbons (Fsp3) is 0.700. The Balaban J connectivity index is 4.14. The smallest absolute Gasteiger partial charge is 0.331 e. The molecular weight excluding hydrogens is 200 g/mol. The van der Waals surface area contributed by atoms with Crippen LogP contribution >= 0.6 is 0 Å². The third-order valence-corrected chi connectivity index (χ3v) is 1.89. The summed E-state index contributed by atoms with van der Waals surface area (Å²) in [6, 6.07) is 0. The third kappa shape index (κ3) is 6.22. The standard InChI is InChI=1S/C10H18O5/c1-3-9(4-7(2)10(13)14)15-6-8(12)5-11/h4,8-9,11-12H,3,5-6H2,1-2H3,(H,13,14). The van der Waals surface area contributed by atoms with Crippen molar-refractivity contribution in [3.8, 4) is 0 Å². The zero-order valence-corrected chi connectivity index (χ0v) is 9.01. The zero-order valence-electron chi connectivity index (χ0n) is 9.01. The number of hydrogen-bond donors (Lipinski definition) is 3. The van der Waals surface area contributed by atoms with Crippen LogP contribution in [0.15, 0.2) is 11.6 Å². The van der Waals surface area contributed by atoms with Crippen molar-refractivity contribution in [1.29, 1.82) is 0 Å². The van der Waals surface area contributed by atoms with Crippen molar-refractivity contribution >= 4 is 5.97 Å². The van der Waals surface area contributed by atoms with Gasteiger partial charge >= 0.3 is 5.97 Å². The number of aliphatic hydroxyl groups is 2. The first-order chi connectivity index (χ1) is 7.01. The van der Waals surface area contributed by atoms with Gasteiger partial charge in [0, 0.05) is 5.57 Å². The molecule has 0 amide bonds. The molecule has 5 nitrogen and oxygen atoms in total. The maximum Gasteiger partial charge on any atom is 0.331 e. The van der Waals surface area contributed by atoms with Gasteiger partial charge in [-0.25, -0.2) is 4.79 Å². The van der Waals surface area contributed by atoms with E-state index in [2.05, 4.69) is 0 Å². The average Bonchev–Trinajstić information content (AvgIpc) is 2.22. The van der Waals surface area contributed by atoms with Gasteiger partial charge in [0.15, 0.2) is 0 Å². The van der Waals surface area contributed by atoms with Crippen molar-refractivity contribution in [2.45, 2.75) is 32.5 Å². The summed E-state index contributed by atoms with van der Waals surface area (Å²) >= 11 is 0. The van der Waals surface area contributed by atoms with E-state index in [0.717, 1.165) is 0 Å². The lowest BCUT2D eigenvalue weighted by atomic mass is 10.2. The van der Waals surface area contributed by atoms with Gasteiger partial charge in [-0.2, -0.15) is 0 Å². The average molecular weight is 218 g/mol. The minimum Gasteiger partial charge on any atom is -0.478 e. The van der Waals surface area contributed by atoms with E-state index in [0.29, 0.717) is 6.42 Å². The Morgan fingerprint density at radius 3 is 2.53 bits per heavy atom. The van der Waals surface area contributed by atoms with Crippen LogP contribution in [0.2, 0.25) is 0 Å². The molecular formula is C10H18O5. The van der Waals surface area contributed by atoms with Crippen molar-refractivity contribution in [3.05, 3.63) is 11.6 Å². The maximum atomic E-state index is 10.5. The number of aliphatic carboxylic acids is 1. The molecule has 88 valence electrons. The van der Waals surface area contributed by atoms with Gasteiger partial charge in [0.25, 0.3) is 0 Å². The number of hydrogen-bond acceptors (Lipinski definition) is 4. The van der Waals surface area contributed by atoms with Crippen LogP contribution in [0.5, 0.6) is 0 Å². The molecule has 0 heterocycles. The molecule has 0 saturated heterocycles. The third-order valence-electron chi connectivity index (χ3n) is 1.89. The fourth-order valence-electron chi connectivity index (χ4n) is 0.921. The molecule has 5 heteroatoms. The molecule has 2 unspecified atom stereocenters. The van der Waals surface area contributed by atoms with Gasteiger partial charge < -0.3 is 20.1 Å². The second kappa shape index (κ2) is 7.39. The van der Waals surface area contributed by atoms with Gasteiger partial charge in [0.2, 0.25) is 0 Å². The second-order valence-electron chi connectivity index (χ2n) is 3.27. The van der Waals surface area contributed by atoms with Gasteiger partial charge in [-0.3, -0.25) is 0 Å². The first-order valence-corrected chi connectivity index (χ1v) is 4.83. The van der Waals surface area contributed by atoms with E-state index in [1.807, 2.05) is 6.92 Å². The highest BCUT2D eigenvalue weighted by molar-refractivity contribution is 5.85. The van der Waals surface area contributed by atoms with Gasteiger partial charge in [-0.05, 0) is 19.4 Å². The number of rotatable bonds is 7. The lowest BCUT2D eigenvalue weighted by molar-refractivity contribution is -0.132.